The van der Waals surface area contributed by atoms with Crippen molar-refractivity contribution in [2.75, 3.05) is 34.8 Å². The number of rotatable bonds is 9. The number of hydrogen-bond donors (Lipinski definition) is 8. The zero-order chi connectivity index (χ0) is 24.1. The first kappa shape index (κ1) is 27.2. The average molecular weight is 502 g/mol. The first-order valence-corrected chi connectivity index (χ1v) is 10.1. The van der Waals surface area contributed by atoms with E-state index in [1.165, 1.54) is 19.1 Å². The molecule has 3 atom stereocenters. The van der Waals surface area contributed by atoms with Crippen LogP contribution in [0.15, 0.2) is 29.1 Å². The number of amides is 1. The summed E-state index contributed by atoms with van der Waals surface area (Å²) in [5.74, 6) is -3.56. The molecule has 14 heteroatoms. The van der Waals surface area contributed by atoms with E-state index < -0.39 is 29.8 Å². The van der Waals surface area contributed by atoms with Crippen molar-refractivity contribution in [2.45, 2.75) is 25.4 Å². The molecule has 1 amide bonds. The third-order valence-electron chi connectivity index (χ3n) is 5.12. The Morgan fingerprint density at radius 3 is 2.53 bits per heavy atom. The van der Waals surface area contributed by atoms with E-state index in [9.17, 15) is 24.3 Å². The Morgan fingerprint density at radius 1 is 1.24 bits per heavy atom. The minimum Gasteiger partial charge on any atom is -1.00 e. The fraction of sp³-hybridized carbons (Fsp3) is 0.350. The summed E-state index contributed by atoms with van der Waals surface area (Å²) < 4.78 is 0. The first-order chi connectivity index (χ1) is 15.6. The Bertz CT molecular complexity index is 1120. The smallest absolute Gasteiger partial charge is 1.00 e. The largest absolute Gasteiger partial charge is 2.00 e. The fourth-order valence-electron chi connectivity index (χ4n) is 3.25. The number of nitrogens with zero attached hydrogens (tertiary/aromatic N) is 1. The third kappa shape index (κ3) is 6.98. The zero-order valence-electron chi connectivity index (χ0n) is 20.4. The van der Waals surface area contributed by atoms with Crippen molar-refractivity contribution in [3.8, 4) is 0 Å². The number of carbonyl (C=O) groups excluding carboxylic acids is 1. The van der Waals surface area contributed by atoms with E-state index in [2.05, 4.69) is 31.2 Å². The Hall–Kier alpha value is -3.03. The van der Waals surface area contributed by atoms with E-state index in [0.29, 0.717) is 30.3 Å². The molecule has 1 aromatic carbocycles. The molecule has 9 N–H and O–H groups in total. The quantitative estimate of drug-likeness (QED) is 0.211. The van der Waals surface area contributed by atoms with Crippen LogP contribution in [-0.2, 0) is 9.59 Å². The minimum absolute atomic E-state index is 0. The second-order valence-corrected chi connectivity index (χ2v) is 7.69. The molecule has 0 saturated heterocycles. The van der Waals surface area contributed by atoms with Gasteiger partial charge in [0.1, 0.15) is 11.7 Å². The number of carbonyl (C=O) groups is 3. The van der Waals surface area contributed by atoms with Crippen molar-refractivity contribution in [3.05, 3.63) is 40.2 Å². The molecule has 0 saturated carbocycles. The predicted molar refractivity (Wildman–Crippen MR) is 128 cm³/mol. The molecule has 34 heavy (non-hydrogen) atoms. The number of H-pyrrole nitrogens is 1. The van der Waals surface area contributed by atoms with E-state index in [-0.39, 0.29) is 70.1 Å². The number of carboxylic acid groups (broad SMARTS) is 2. The predicted octanol–water partition coefficient (Wildman–Crippen LogP) is -0.192. The molecule has 0 spiro atoms. The summed E-state index contributed by atoms with van der Waals surface area (Å²) in [6, 6.07) is 4.92. The standard InChI is InChI=1S/C20H25N7O6.Ca.2H/c1-9(18(30)31)6-13(19(32)33)25-16(28)10-2-4-11(5-3-10)22-7-12-8-23-15-14(24-12)17(29)27-20(21)26-15;;;/h2-5,9,12-13,22,24H,6-8H2,1H3,(H,25,28)(H,30,31)(H,32,33)(H4,21,23,26,27,29);;;/q;+2;2*-1/t9?,12-,13?;;;/m0.../s1. The van der Waals surface area contributed by atoms with Crippen LogP contribution in [0, 0.1) is 5.92 Å². The van der Waals surface area contributed by atoms with Gasteiger partial charge in [0.2, 0.25) is 5.95 Å². The molecule has 1 aliphatic heterocycles. The van der Waals surface area contributed by atoms with E-state index in [0.717, 1.165) is 0 Å². The van der Waals surface area contributed by atoms with Crippen molar-refractivity contribution >= 4 is 78.7 Å². The third-order valence-corrected chi connectivity index (χ3v) is 5.12. The van der Waals surface area contributed by atoms with E-state index in [4.69, 9.17) is 10.8 Å². The van der Waals surface area contributed by atoms with Crippen molar-refractivity contribution in [3.63, 3.8) is 0 Å². The van der Waals surface area contributed by atoms with Crippen molar-refractivity contribution < 1.29 is 27.4 Å². The Morgan fingerprint density at radius 2 is 1.91 bits per heavy atom. The maximum Gasteiger partial charge on any atom is 2.00 e. The van der Waals surface area contributed by atoms with Gasteiger partial charge in [-0.3, -0.25) is 19.4 Å². The molecule has 0 radical (unpaired) electrons. The van der Waals surface area contributed by atoms with Crippen LogP contribution in [0.2, 0.25) is 0 Å². The molecule has 0 fully saturated rings. The minimum atomic E-state index is -1.32. The summed E-state index contributed by atoms with van der Waals surface area (Å²) in [4.78, 5) is 53.2. The summed E-state index contributed by atoms with van der Waals surface area (Å²) in [6.07, 6.45) is -0.230. The Kier molecular flexibility index (Phi) is 9.53. The maximum atomic E-state index is 12.4. The summed E-state index contributed by atoms with van der Waals surface area (Å²) in [7, 11) is 0. The number of anilines is 4. The van der Waals surface area contributed by atoms with Crippen LogP contribution < -0.4 is 32.6 Å². The number of nitrogen functional groups attached to an aromatic ring is 1. The van der Waals surface area contributed by atoms with Gasteiger partial charge in [0.15, 0.2) is 5.82 Å². The molecule has 1 aliphatic rings. The van der Waals surface area contributed by atoms with Gasteiger partial charge in [-0.25, -0.2) is 4.79 Å². The number of hydrogen-bond acceptors (Lipinski definition) is 9. The number of benzene rings is 1. The summed E-state index contributed by atoms with van der Waals surface area (Å²) >= 11 is 0. The van der Waals surface area contributed by atoms with Crippen LogP contribution in [-0.4, -0.2) is 101 Å². The van der Waals surface area contributed by atoms with Crippen LogP contribution in [0.3, 0.4) is 0 Å². The number of aromatic amines is 1. The number of carboxylic acids is 2. The SMILES string of the molecule is CC(CC(NC(=O)c1ccc(NC[C@H]2CNc3nc(N)[nH]c(=O)c3N2)cc1)C(=O)O)C(=O)O.[Ca+2].[H-].[H-]. The van der Waals surface area contributed by atoms with Crippen molar-refractivity contribution in [1.29, 1.82) is 0 Å². The zero-order valence-corrected chi connectivity index (χ0v) is 20.6. The normalized spacial score (nSPS) is 15.9. The van der Waals surface area contributed by atoms with Gasteiger partial charge < -0.3 is 40.1 Å². The van der Waals surface area contributed by atoms with Crippen LogP contribution >= 0.6 is 0 Å². The number of aromatic nitrogens is 2. The van der Waals surface area contributed by atoms with Gasteiger partial charge in [-0.1, -0.05) is 6.92 Å². The van der Waals surface area contributed by atoms with Gasteiger partial charge in [0.05, 0.1) is 12.0 Å². The topological polar surface area (TPSA) is 212 Å². The van der Waals surface area contributed by atoms with Crippen LogP contribution in [0.4, 0.5) is 23.1 Å². The maximum absolute atomic E-state index is 12.4. The molecule has 3 rings (SSSR count). The van der Waals surface area contributed by atoms with E-state index in [1.807, 2.05) is 0 Å². The van der Waals surface area contributed by atoms with Gasteiger partial charge in [0, 0.05) is 24.3 Å². The molecule has 180 valence electrons. The van der Waals surface area contributed by atoms with Gasteiger partial charge in [-0.05, 0) is 30.7 Å². The summed E-state index contributed by atoms with van der Waals surface area (Å²) in [5.41, 5.74) is 6.40. The summed E-state index contributed by atoms with van der Waals surface area (Å²) in [6.45, 7) is 2.33. The molecule has 2 heterocycles. The van der Waals surface area contributed by atoms with Gasteiger partial charge >= 0.3 is 49.7 Å². The van der Waals surface area contributed by atoms with Crippen molar-refractivity contribution in [1.82, 2.24) is 15.3 Å². The first-order valence-electron chi connectivity index (χ1n) is 10.1. The number of fused-ring (bicyclic) bond motifs is 1. The van der Waals surface area contributed by atoms with E-state index in [1.54, 1.807) is 12.1 Å². The second kappa shape index (κ2) is 11.9. The fourth-order valence-corrected chi connectivity index (χ4v) is 3.25. The molecule has 13 nitrogen and oxygen atoms in total. The van der Waals surface area contributed by atoms with Gasteiger partial charge in [-0.2, -0.15) is 4.98 Å². The van der Waals surface area contributed by atoms with Crippen LogP contribution in [0.25, 0.3) is 0 Å². The molecule has 1 aromatic heterocycles. The molecule has 2 aromatic rings. The van der Waals surface area contributed by atoms with Gasteiger partial charge in [0.25, 0.3) is 11.5 Å². The average Bonchev–Trinajstić information content (AvgIpc) is 2.77. The van der Waals surface area contributed by atoms with E-state index >= 15 is 0 Å². The Labute approximate surface area is 226 Å². The van der Waals surface area contributed by atoms with Crippen LogP contribution in [0.1, 0.15) is 26.6 Å². The molecular formula is C20H27CaN7O6. The number of aliphatic carboxylic acids is 2. The van der Waals surface area contributed by atoms with Gasteiger partial charge in [-0.15, -0.1) is 0 Å². The molecule has 0 bridgehead atoms. The molecular weight excluding hydrogens is 474 g/mol. The second-order valence-electron chi connectivity index (χ2n) is 7.69. The number of nitrogens with one attached hydrogen (secondary N) is 5. The summed E-state index contributed by atoms with van der Waals surface area (Å²) in [5, 5.41) is 29.9. The number of nitrogens with two attached hydrogens (primary N) is 1. The monoisotopic (exact) mass is 501 g/mol. The van der Waals surface area contributed by atoms with Crippen LogP contribution in [0.5, 0.6) is 0 Å². The molecule has 0 aliphatic carbocycles. The Balaban J connectivity index is 0.00000408. The molecule has 2 unspecified atom stereocenters. The van der Waals surface area contributed by atoms with Crippen molar-refractivity contribution in [2.24, 2.45) is 5.92 Å².